The second-order valence-electron chi connectivity index (χ2n) is 8.46. The maximum absolute atomic E-state index is 11.2. The molecule has 2 aromatic heterocycles. The molecule has 0 spiro atoms. The number of thiazole rings is 1. The Hall–Kier alpha value is -2.96. The fourth-order valence-corrected chi connectivity index (χ4v) is 4.65. The molecule has 162 valence electrons. The van der Waals surface area contributed by atoms with E-state index < -0.39 is 5.60 Å². The number of amides is 1. The zero-order valence-electron chi connectivity index (χ0n) is 17.8. The van der Waals surface area contributed by atoms with Crippen LogP contribution in [0.4, 0.5) is 0 Å². The molecule has 0 unspecified atom stereocenters. The summed E-state index contributed by atoms with van der Waals surface area (Å²) in [6.45, 7) is 6.66. The molecular formula is C22H24N4O4S. The molecule has 2 heterocycles. The third-order valence-electron chi connectivity index (χ3n) is 5.35. The van der Waals surface area contributed by atoms with Gasteiger partial charge in [0.2, 0.25) is 5.91 Å². The van der Waals surface area contributed by atoms with Gasteiger partial charge < -0.3 is 19.7 Å². The van der Waals surface area contributed by atoms with Crippen LogP contribution in [0.3, 0.4) is 0 Å². The van der Waals surface area contributed by atoms with Gasteiger partial charge in [0.05, 0.1) is 22.0 Å². The topological polar surface area (TPSA) is 121 Å². The number of benzene rings is 1. The molecule has 1 amide bonds. The minimum Gasteiger partial charge on any atom is -0.489 e. The number of carbonyl (C=O) groups is 1. The minimum atomic E-state index is -1.06. The van der Waals surface area contributed by atoms with Gasteiger partial charge >= 0.3 is 0 Å². The molecule has 1 aliphatic rings. The highest BCUT2D eigenvalue weighted by atomic mass is 32.1. The maximum Gasteiger partial charge on any atom is 0.217 e. The number of aliphatic hydroxyl groups is 1. The van der Waals surface area contributed by atoms with E-state index in [1.54, 1.807) is 19.9 Å². The van der Waals surface area contributed by atoms with Crippen molar-refractivity contribution in [3.8, 4) is 11.8 Å². The van der Waals surface area contributed by atoms with E-state index in [0.717, 1.165) is 23.2 Å². The van der Waals surface area contributed by atoms with E-state index in [9.17, 15) is 15.2 Å². The fraction of sp³-hybridized carbons (Fsp3) is 0.455. The van der Waals surface area contributed by atoms with Gasteiger partial charge in [0.25, 0.3) is 0 Å². The largest absolute Gasteiger partial charge is 0.489 e. The zero-order chi connectivity index (χ0) is 22.3. The molecule has 0 radical (unpaired) electrons. The Morgan fingerprint density at radius 1 is 1.45 bits per heavy atom. The Morgan fingerprint density at radius 2 is 2.19 bits per heavy atom. The molecule has 3 aromatic rings. The van der Waals surface area contributed by atoms with Gasteiger partial charge in [0, 0.05) is 18.9 Å². The number of fused-ring (bicyclic) bond motifs is 1. The van der Waals surface area contributed by atoms with Crippen LogP contribution in [0.2, 0.25) is 0 Å². The minimum absolute atomic E-state index is 0.0239. The van der Waals surface area contributed by atoms with Crippen molar-refractivity contribution >= 4 is 27.5 Å². The molecule has 1 atom stereocenters. The van der Waals surface area contributed by atoms with E-state index >= 15 is 0 Å². The lowest BCUT2D eigenvalue weighted by atomic mass is 9.80. The molecule has 4 rings (SSSR count). The van der Waals surface area contributed by atoms with Crippen molar-refractivity contribution in [3.63, 3.8) is 0 Å². The number of aromatic nitrogens is 2. The summed E-state index contributed by atoms with van der Waals surface area (Å²) in [6, 6.07) is 7.47. The van der Waals surface area contributed by atoms with E-state index in [0.29, 0.717) is 27.6 Å². The third-order valence-corrected chi connectivity index (χ3v) is 6.76. The Morgan fingerprint density at radius 3 is 2.84 bits per heavy atom. The van der Waals surface area contributed by atoms with Crippen LogP contribution in [0.25, 0.3) is 10.2 Å². The van der Waals surface area contributed by atoms with Crippen LogP contribution in [-0.4, -0.2) is 27.3 Å². The summed E-state index contributed by atoms with van der Waals surface area (Å²) in [4.78, 5) is 15.7. The average Bonchev–Trinajstić information content (AvgIpc) is 3.30. The summed E-state index contributed by atoms with van der Waals surface area (Å²) in [5, 5.41) is 27.4. The molecule has 9 heteroatoms. The van der Waals surface area contributed by atoms with Crippen molar-refractivity contribution < 1.29 is 19.2 Å². The third kappa shape index (κ3) is 4.27. The monoisotopic (exact) mass is 440 g/mol. The Kier molecular flexibility index (Phi) is 5.45. The lowest BCUT2D eigenvalue weighted by Crippen LogP contribution is -2.32. The molecular weight excluding hydrogens is 416 g/mol. The zero-order valence-corrected chi connectivity index (χ0v) is 18.6. The van der Waals surface area contributed by atoms with E-state index in [2.05, 4.69) is 21.5 Å². The number of nitriles is 1. The van der Waals surface area contributed by atoms with Crippen molar-refractivity contribution in [1.82, 2.24) is 15.5 Å². The van der Waals surface area contributed by atoms with E-state index in [1.165, 1.54) is 18.3 Å². The first-order valence-electron chi connectivity index (χ1n) is 10.1. The molecule has 1 saturated carbocycles. The number of carbonyl (C=O) groups excluding carboxylic acids is 1. The number of nitrogens with one attached hydrogen (secondary N) is 1. The Bertz CT molecular complexity index is 1160. The summed E-state index contributed by atoms with van der Waals surface area (Å²) in [5.74, 6) is 1.25. The molecule has 8 nitrogen and oxygen atoms in total. The number of hydrogen-bond acceptors (Lipinski definition) is 8. The molecule has 0 bridgehead atoms. The lowest BCUT2D eigenvalue weighted by molar-refractivity contribution is -0.119. The van der Waals surface area contributed by atoms with Crippen molar-refractivity contribution in [1.29, 1.82) is 5.26 Å². The van der Waals surface area contributed by atoms with Crippen LogP contribution >= 0.6 is 11.3 Å². The van der Waals surface area contributed by atoms with Gasteiger partial charge in [0.1, 0.15) is 34.1 Å². The number of hydrogen-bond donors (Lipinski definition) is 2. The smallest absolute Gasteiger partial charge is 0.217 e. The SMILES string of the molecule is CC(=O)N[C@@H](C)c1cc(C2CC(Oc3ccc4nc(C(C)(C)O)sc4c3C#N)C2)no1. The normalized spacial score (nSPS) is 19.5. The highest BCUT2D eigenvalue weighted by Gasteiger charge is 2.35. The molecule has 1 aliphatic carbocycles. The standard InChI is InChI=1S/C22H24N4O4S/c1-11(24-12(2)27)19-9-17(26-30-19)13-7-14(8-13)29-18-6-5-16-20(15(18)10-23)31-21(25-16)22(3,4)28/h5-6,9,11,13-14,28H,7-8H2,1-4H3,(H,24,27)/t11-,13?,14?/m0/s1. The fourth-order valence-electron chi connectivity index (χ4n) is 3.60. The molecule has 1 fully saturated rings. The summed E-state index contributed by atoms with van der Waals surface area (Å²) in [5.41, 5.74) is 0.912. The van der Waals surface area contributed by atoms with Crippen LogP contribution in [-0.2, 0) is 10.4 Å². The van der Waals surface area contributed by atoms with Crippen LogP contribution in [0.5, 0.6) is 5.75 Å². The molecule has 0 saturated heterocycles. The second kappa shape index (κ2) is 7.94. The second-order valence-corrected chi connectivity index (χ2v) is 9.46. The predicted molar refractivity (Wildman–Crippen MR) is 115 cm³/mol. The van der Waals surface area contributed by atoms with Crippen LogP contribution in [0, 0.1) is 11.3 Å². The summed E-state index contributed by atoms with van der Waals surface area (Å²) in [6.07, 6.45) is 1.51. The average molecular weight is 441 g/mol. The molecule has 31 heavy (non-hydrogen) atoms. The first-order valence-corrected chi connectivity index (χ1v) is 10.9. The van der Waals surface area contributed by atoms with Crippen molar-refractivity contribution in [2.75, 3.05) is 0 Å². The van der Waals surface area contributed by atoms with E-state index in [-0.39, 0.29) is 24.0 Å². The highest BCUT2D eigenvalue weighted by molar-refractivity contribution is 7.19. The lowest BCUT2D eigenvalue weighted by Gasteiger charge is -2.34. The maximum atomic E-state index is 11.2. The Balaban J connectivity index is 1.44. The van der Waals surface area contributed by atoms with Gasteiger partial charge in [0.15, 0.2) is 5.76 Å². The first kappa shape index (κ1) is 21.3. The summed E-state index contributed by atoms with van der Waals surface area (Å²) in [7, 11) is 0. The first-order chi connectivity index (χ1) is 14.7. The molecule has 2 N–H and O–H groups in total. The Labute approximate surface area is 183 Å². The van der Waals surface area contributed by atoms with E-state index in [1.807, 2.05) is 19.1 Å². The predicted octanol–water partition coefficient (Wildman–Crippen LogP) is 3.91. The van der Waals surface area contributed by atoms with Crippen molar-refractivity contribution in [2.24, 2.45) is 0 Å². The quantitative estimate of drug-likeness (QED) is 0.596. The van der Waals surface area contributed by atoms with Gasteiger partial charge in [-0.2, -0.15) is 5.26 Å². The molecule has 0 aliphatic heterocycles. The van der Waals surface area contributed by atoms with Gasteiger partial charge in [-0.3, -0.25) is 4.79 Å². The number of rotatable bonds is 6. The van der Waals surface area contributed by atoms with E-state index in [4.69, 9.17) is 9.26 Å². The number of nitrogens with zero attached hydrogens (tertiary/aromatic N) is 3. The van der Waals surface area contributed by atoms with Gasteiger partial charge in [-0.05, 0) is 45.7 Å². The van der Waals surface area contributed by atoms with Gasteiger partial charge in [-0.1, -0.05) is 5.16 Å². The van der Waals surface area contributed by atoms with Crippen molar-refractivity contribution in [2.45, 2.75) is 64.2 Å². The summed E-state index contributed by atoms with van der Waals surface area (Å²) >= 11 is 1.31. The highest BCUT2D eigenvalue weighted by Crippen LogP contribution is 2.41. The van der Waals surface area contributed by atoms with Crippen molar-refractivity contribution in [3.05, 3.63) is 40.2 Å². The van der Waals surface area contributed by atoms with Crippen LogP contribution in [0.15, 0.2) is 22.7 Å². The van der Waals surface area contributed by atoms with Gasteiger partial charge in [-0.25, -0.2) is 4.98 Å². The van der Waals surface area contributed by atoms with Crippen LogP contribution in [0.1, 0.15) is 74.5 Å². The van der Waals surface area contributed by atoms with Gasteiger partial charge in [-0.15, -0.1) is 11.3 Å². The molecule has 1 aromatic carbocycles. The number of ether oxygens (including phenoxy) is 1. The summed E-state index contributed by atoms with van der Waals surface area (Å²) < 4.78 is 12.2. The van der Waals surface area contributed by atoms with Crippen LogP contribution < -0.4 is 10.1 Å².